The van der Waals surface area contributed by atoms with Crippen LogP contribution in [0, 0.1) is 11.7 Å². The molecular weight excluding hydrogens is 363 g/mol. The van der Waals surface area contributed by atoms with Crippen LogP contribution in [-0.2, 0) is 4.79 Å². The van der Waals surface area contributed by atoms with Crippen LogP contribution in [0.1, 0.15) is 12.8 Å². The standard InChI is InChI=1S/C18H15FN8O/c1-20-16-14-10(7-13(24-25-14)22-18(28)9-4-5-9)11(8-21-16)15-23-17-12(19)3-2-6-27(17)26-15/h2-3,6-9H,4-5H2,1H3,(H,20,21)(H,22,24,28). The summed E-state index contributed by atoms with van der Waals surface area (Å²) in [5.74, 6) is 0.687. The lowest BCUT2D eigenvalue weighted by Crippen LogP contribution is -2.15. The number of carbonyl (C=O) groups excluding carboxylic acids is 1. The molecule has 1 saturated carbocycles. The summed E-state index contributed by atoms with van der Waals surface area (Å²) in [5, 5.41) is 19.1. The summed E-state index contributed by atoms with van der Waals surface area (Å²) in [6.07, 6.45) is 4.99. The van der Waals surface area contributed by atoms with Crippen molar-refractivity contribution in [2.75, 3.05) is 17.7 Å². The number of nitrogens with zero attached hydrogens (tertiary/aromatic N) is 6. The molecule has 9 nitrogen and oxygen atoms in total. The fraction of sp³-hybridized carbons (Fsp3) is 0.222. The molecule has 140 valence electrons. The predicted molar refractivity (Wildman–Crippen MR) is 100 cm³/mol. The van der Waals surface area contributed by atoms with Crippen LogP contribution < -0.4 is 10.6 Å². The molecule has 0 unspecified atom stereocenters. The van der Waals surface area contributed by atoms with Crippen LogP contribution in [0.5, 0.6) is 0 Å². The van der Waals surface area contributed by atoms with E-state index in [4.69, 9.17) is 0 Å². The number of fused-ring (bicyclic) bond motifs is 2. The van der Waals surface area contributed by atoms with Crippen LogP contribution in [0.2, 0.25) is 0 Å². The number of amides is 1. The molecule has 0 spiro atoms. The minimum atomic E-state index is -0.470. The monoisotopic (exact) mass is 378 g/mol. The second-order valence-electron chi connectivity index (χ2n) is 6.59. The van der Waals surface area contributed by atoms with Gasteiger partial charge in [0.2, 0.25) is 5.91 Å². The number of halogens is 1. The quantitative estimate of drug-likeness (QED) is 0.560. The molecule has 4 heterocycles. The Bertz CT molecular complexity index is 1230. The highest BCUT2D eigenvalue weighted by Crippen LogP contribution is 2.32. The Kier molecular flexibility index (Phi) is 3.64. The van der Waals surface area contributed by atoms with Crippen molar-refractivity contribution in [3.63, 3.8) is 0 Å². The molecule has 0 atom stereocenters. The minimum Gasteiger partial charge on any atom is -0.371 e. The molecule has 28 heavy (non-hydrogen) atoms. The number of carbonyl (C=O) groups is 1. The van der Waals surface area contributed by atoms with Gasteiger partial charge < -0.3 is 10.6 Å². The minimum absolute atomic E-state index is 0.0466. The third-order valence-electron chi connectivity index (χ3n) is 4.62. The molecule has 1 aliphatic rings. The second kappa shape index (κ2) is 6.19. The molecule has 0 aromatic carbocycles. The highest BCUT2D eigenvalue weighted by molar-refractivity contribution is 6.01. The van der Waals surface area contributed by atoms with Crippen LogP contribution >= 0.6 is 0 Å². The molecule has 1 amide bonds. The molecule has 1 aliphatic carbocycles. The first-order valence-electron chi connectivity index (χ1n) is 8.80. The van der Waals surface area contributed by atoms with Crippen molar-refractivity contribution in [1.29, 1.82) is 0 Å². The number of anilines is 2. The van der Waals surface area contributed by atoms with Gasteiger partial charge in [0.15, 0.2) is 28.9 Å². The van der Waals surface area contributed by atoms with Gasteiger partial charge in [-0.05, 0) is 31.0 Å². The summed E-state index contributed by atoms with van der Waals surface area (Å²) in [5.41, 5.74) is 1.19. The van der Waals surface area contributed by atoms with Gasteiger partial charge in [0, 0.05) is 36.3 Å². The van der Waals surface area contributed by atoms with E-state index in [1.807, 2.05) is 0 Å². The number of pyridine rings is 2. The van der Waals surface area contributed by atoms with E-state index in [-0.39, 0.29) is 17.5 Å². The van der Waals surface area contributed by atoms with Gasteiger partial charge in [-0.1, -0.05) is 0 Å². The van der Waals surface area contributed by atoms with E-state index < -0.39 is 5.82 Å². The van der Waals surface area contributed by atoms with Crippen molar-refractivity contribution in [3.8, 4) is 11.4 Å². The van der Waals surface area contributed by atoms with Crippen molar-refractivity contribution in [2.24, 2.45) is 5.92 Å². The van der Waals surface area contributed by atoms with Crippen molar-refractivity contribution >= 4 is 34.1 Å². The molecule has 1 fully saturated rings. The Morgan fingerprint density at radius 2 is 2.18 bits per heavy atom. The van der Waals surface area contributed by atoms with Crippen LogP contribution in [0.25, 0.3) is 27.9 Å². The van der Waals surface area contributed by atoms with E-state index in [9.17, 15) is 9.18 Å². The van der Waals surface area contributed by atoms with E-state index in [1.54, 1.807) is 31.6 Å². The summed E-state index contributed by atoms with van der Waals surface area (Å²) in [6.45, 7) is 0. The van der Waals surface area contributed by atoms with Gasteiger partial charge in [-0.15, -0.1) is 15.3 Å². The van der Waals surface area contributed by atoms with Gasteiger partial charge in [0.25, 0.3) is 0 Å². The van der Waals surface area contributed by atoms with Crippen LogP contribution in [0.4, 0.5) is 16.0 Å². The van der Waals surface area contributed by atoms with E-state index in [2.05, 4.69) is 35.9 Å². The Hall–Kier alpha value is -3.69. The number of hydrogen-bond donors (Lipinski definition) is 2. The Morgan fingerprint density at radius 3 is 2.93 bits per heavy atom. The molecule has 0 saturated heterocycles. The number of rotatable bonds is 4. The smallest absolute Gasteiger partial charge is 0.228 e. The lowest BCUT2D eigenvalue weighted by atomic mass is 10.1. The first-order valence-corrected chi connectivity index (χ1v) is 8.80. The summed E-state index contributed by atoms with van der Waals surface area (Å²) in [7, 11) is 1.73. The molecule has 4 aromatic heterocycles. The largest absolute Gasteiger partial charge is 0.371 e. The molecule has 2 N–H and O–H groups in total. The Balaban J connectivity index is 1.67. The first-order chi connectivity index (χ1) is 13.6. The summed E-state index contributed by atoms with van der Waals surface area (Å²) in [4.78, 5) is 20.7. The maximum atomic E-state index is 14.0. The van der Waals surface area contributed by atoms with Crippen LogP contribution in [0.3, 0.4) is 0 Å². The SMILES string of the molecule is CNc1ncc(-c2nc3c(F)cccn3n2)c2cc(NC(=O)C3CC3)nnc12. The van der Waals surface area contributed by atoms with Gasteiger partial charge in [-0.2, -0.15) is 0 Å². The number of nitrogens with one attached hydrogen (secondary N) is 2. The van der Waals surface area contributed by atoms with Crippen molar-refractivity contribution in [1.82, 2.24) is 29.8 Å². The zero-order chi connectivity index (χ0) is 19.3. The number of aromatic nitrogens is 6. The average Bonchev–Trinajstić information content (AvgIpc) is 3.46. The van der Waals surface area contributed by atoms with Gasteiger partial charge in [0.1, 0.15) is 5.52 Å². The van der Waals surface area contributed by atoms with Gasteiger partial charge >= 0.3 is 0 Å². The van der Waals surface area contributed by atoms with E-state index >= 15 is 0 Å². The van der Waals surface area contributed by atoms with Crippen molar-refractivity contribution < 1.29 is 9.18 Å². The lowest BCUT2D eigenvalue weighted by Gasteiger charge is -2.09. The van der Waals surface area contributed by atoms with Crippen molar-refractivity contribution in [2.45, 2.75) is 12.8 Å². The third-order valence-corrected chi connectivity index (χ3v) is 4.62. The fourth-order valence-corrected chi connectivity index (χ4v) is 3.02. The highest BCUT2D eigenvalue weighted by atomic mass is 19.1. The molecule has 10 heteroatoms. The Morgan fingerprint density at radius 1 is 1.32 bits per heavy atom. The van der Waals surface area contributed by atoms with Gasteiger partial charge in [-0.25, -0.2) is 18.9 Å². The van der Waals surface area contributed by atoms with Crippen LogP contribution in [-0.4, -0.2) is 42.7 Å². The van der Waals surface area contributed by atoms with Crippen LogP contribution in [0.15, 0.2) is 30.6 Å². The molecule has 0 radical (unpaired) electrons. The van der Waals surface area contributed by atoms with E-state index in [0.29, 0.717) is 33.9 Å². The maximum Gasteiger partial charge on any atom is 0.228 e. The maximum absolute atomic E-state index is 14.0. The van der Waals surface area contributed by atoms with Gasteiger partial charge in [-0.3, -0.25) is 4.79 Å². The molecule has 4 aromatic rings. The highest BCUT2D eigenvalue weighted by Gasteiger charge is 2.30. The lowest BCUT2D eigenvalue weighted by molar-refractivity contribution is -0.117. The Labute approximate surface area is 158 Å². The molecule has 0 bridgehead atoms. The normalized spacial score (nSPS) is 13.8. The summed E-state index contributed by atoms with van der Waals surface area (Å²) >= 11 is 0. The third kappa shape index (κ3) is 2.70. The zero-order valence-electron chi connectivity index (χ0n) is 14.8. The molecule has 5 rings (SSSR count). The average molecular weight is 378 g/mol. The zero-order valence-corrected chi connectivity index (χ0v) is 14.8. The first kappa shape index (κ1) is 16.5. The topological polar surface area (TPSA) is 110 Å². The predicted octanol–water partition coefficient (Wildman–Crippen LogP) is 2.26. The summed E-state index contributed by atoms with van der Waals surface area (Å²) < 4.78 is 15.4. The fourth-order valence-electron chi connectivity index (χ4n) is 3.02. The molecular formula is C18H15FN8O. The van der Waals surface area contributed by atoms with E-state index in [0.717, 1.165) is 12.8 Å². The number of hydrogen-bond acceptors (Lipinski definition) is 7. The second-order valence-corrected chi connectivity index (χ2v) is 6.59. The van der Waals surface area contributed by atoms with E-state index in [1.165, 1.54) is 10.6 Å². The molecule has 0 aliphatic heterocycles. The van der Waals surface area contributed by atoms with Gasteiger partial charge in [0.05, 0.1) is 0 Å². The summed E-state index contributed by atoms with van der Waals surface area (Å²) in [6, 6.07) is 4.59. The van der Waals surface area contributed by atoms with Crippen molar-refractivity contribution in [3.05, 3.63) is 36.4 Å².